The number of alkyl halides is 2. The Kier molecular flexibility index (Phi) is 4.72. The Morgan fingerprint density at radius 2 is 1.81 bits per heavy atom. The number of thioether (sulfide) groups is 1. The van der Waals surface area contributed by atoms with Gasteiger partial charge in [0.05, 0.1) is 6.61 Å². The van der Waals surface area contributed by atoms with Crippen molar-refractivity contribution in [3.05, 3.63) is 65.7 Å². The molecule has 0 saturated carbocycles. The molecule has 2 aromatic carbocycles. The Labute approximate surface area is 152 Å². The molecule has 1 heterocycles. The maximum Gasteiger partial charge on any atom is 0.419 e. The molecule has 0 saturated heterocycles. The second-order valence-corrected chi connectivity index (χ2v) is 6.68. The van der Waals surface area contributed by atoms with E-state index in [1.165, 1.54) is 43.3 Å². The van der Waals surface area contributed by atoms with Crippen LogP contribution in [0.15, 0.2) is 59.5 Å². The molecule has 2 amide bonds. The predicted molar refractivity (Wildman–Crippen MR) is 90.8 cm³/mol. The van der Waals surface area contributed by atoms with Gasteiger partial charge in [-0.15, -0.1) is 0 Å². The van der Waals surface area contributed by atoms with Crippen molar-refractivity contribution in [3.8, 4) is 0 Å². The van der Waals surface area contributed by atoms with Crippen molar-refractivity contribution in [2.45, 2.75) is 22.8 Å². The summed E-state index contributed by atoms with van der Waals surface area (Å²) in [5.74, 6) is -1.03. The number of imide groups is 1. The lowest BCUT2D eigenvalue weighted by Crippen LogP contribution is -2.57. The number of hydrogen-bond donors (Lipinski definition) is 1. The number of hydrogen-bond acceptors (Lipinski definition) is 5. The van der Waals surface area contributed by atoms with E-state index >= 15 is 8.78 Å². The van der Waals surface area contributed by atoms with Crippen LogP contribution < -0.4 is 0 Å². The van der Waals surface area contributed by atoms with E-state index in [0.29, 0.717) is 0 Å². The Morgan fingerprint density at radius 1 is 1.19 bits per heavy atom. The van der Waals surface area contributed by atoms with E-state index in [0.717, 1.165) is 0 Å². The molecule has 1 aliphatic heterocycles. The van der Waals surface area contributed by atoms with Gasteiger partial charge in [-0.25, -0.2) is 9.69 Å². The maximum atomic E-state index is 15.2. The van der Waals surface area contributed by atoms with Crippen molar-refractivity contribution in [1.29, 1.82) is 0 Å². The Hall–Kier alpha value is -2.45. The average Bonchev–Trinajstić information content (AvgIpc) is 2.85. The van der Waals surface area contributed by atoms with E-state index in [4.69, 9.17) is 4.74 Å². The van der Waals surface area contributed by atoms with Gasteiger partial charge in [0.15, 0.2) is 0 Å². The van der Waals surface area contributed by atoms with Crippen molar-refractivity contribution in [2.24, 2.45) is 0 Å². The van der Waals surface area contributed by atoms with Crippen molar-refractivity contribution in [2.75, 3.05) is 6.61 Å². The van der Waals surface area contributed by atoms with Crippen LogP contribution in [0.5, 0.6) is 0 Å². The molecule has 26 heavy (non-hydrogen) atoms. The number of amides is 2. The molecule has 2 aromatic rings. The van der Waals surface area contributed by atoms with E-state index < -0.39 is 23.0 Å². The number of nitrogens with zero attached hydrogens (tertiary/aromatic N) is 1. The standard InChI is InChI=1S/C18H15F2NO4S/c1-2-25-16(23)21-15(22)13-10-6-7-11-14(13)17(21,24)18(19,20)26-12-8-4-3-5-9-12/h3-11,24H,2H2,1H3. The van der Waals surface area contributed by atoms with E-state index in [-0.39, 0.29) is 39.3 Å². The molecule has 0 fully saturated rings. The number of rotatable bonds is 4. The number of carbonyl (C=O) groups excluding carboxylic acids is 2. The van der Waals surface area contributed by atoms with Crippen LogP contribution in [-0.2, 0) is 10.5 Å². The molecule has 0 radical (unpaired) electrons. The van der Waals surface area contributed by atoms with Gasteiger partial charge in [0.25, 0.3) is 11.6 Å². The highest BCUT2D eigenvalue weighted by molar-refractivity contribution is 8.00. The average molecular weight is 379 g/mol. The summed E-state index contributed by atoms with van der Waals surface area (Å²) in [5, 5.41) is 7.07. The number of fused-ring (bicyclic) bond motifs is 1. The third-order valence-corrected chi connectivity index (χ3v) is 4.95. The molecular formula is C18H15F2NO4S. The highest BCUT2D eigenvalue weighted by Gasteiger charge is 2.67. The van der Waals surface area contributed by atoms with Crippen LogP contribution in [0.4, 0.5) is 13.6 Å². The van der Waals surface area contributed by atoms with Crippen LogP contribution in [0.3, 0.4) is 0 Å². The molecule has 0 aliphatic carbocycles. The Morgan fingerprint density at radius 3 is 2.46 bits per heavy atom. The number of carbonyl (C=O) groups is 2. The zero-order valence-electron chi connectivity index (χ0n) is 13.7. The summed E-state index contributed by atoms with van der Waals surface area (Å²) >= 11 is 0.0619. The molecule has 5 nitrogen and oxygen atoms in total. The molecule has 0 aromatic heterocycles. The number of benzene rings is 2. The smallest absolute Gasteiger partial charge is 0.419 e. The molecule has 1 N–H and O–H groups in total. The lowest BCUT2D eigenvalue weighted by molar-refractivity contribution is -0.187. The van der Waals surface area contributed by atoms with Gasteiger partial charge in [-0.05, 0) is 36.9 Å². The normalized spacial score (nSPS) is 19.4. The molecular weight excluding hydrogens is 364 g/mol. The molecule has 8 heteroatoms. The minimum absolute atomic E-state index is 0.0619. The summed E-state index contributed by atoms with van der Waals surface area (Å²) in [4.78, 5) is 25.0. The topological polar surface area (TPSA) is 66.8 Å². The summed E-state index contributed by atoms with van der Waals surface area (Å²) in [6.45, 7) is 1.34. The Bertz CT molecular complexity index is 846. The van der Waals surface area contributed by atoms with Crippen molar-refractivity contribution in [1.82, 2.24) is 4.90 Å². The van der Waals surface area contributed by atoms with Crippen LogP contribution >= 0.6 is 11.8 Å². The van der Waals surface area contributed by atoms with Gasteiger partial charge >= 0.3 is 11.3 Å². The largest absolute Gasteiger partial charge is 0.449 e. The Balaban J connectivity index is 2.12. The fourth-order valence-corrected chi connectivity index (χ4v) is 3.69. The van der Waals surface area contributed by atoms with Gasteiger partial charge in [0, 0.05) is 16.0 Å². The van der Waals surface area contributed by atoms with Gasteiger partial charge in [0.1, 0.15) is 0 Å². The van der Waals surface area contributed by atoms with Crippen molar-refractivity contribution in [3.63, 3.8) is 0 Å². The first kappa shape index (κ1) is 18.3. The SMILES string of the molecule is CCOC(=O)N1C(=O)c2ccccc2C1(O)C(F)(F)Sc1ccccc1. The highest BCUT2D eigenvalue weighted by Crippen LogP contribution is 2.54. The predicted octanol–water partition coefficient (Wildman–Crippen LogP) is 3.83. The van der Waals surface area contributed by atoms with Gasteiger partial charge in [0.2, 0.25) is 0 Å². The second-order valence-electron chi connectivity index (χ2n) is 5.49. The molecule has 3 rings (SSSR count). The van der Waals surface area contributed by atoms with E-state index in [2.05, 4.69) is 0 Å². The van der Waals surface area contributed by atoms with Gasteiger partial charge in [-0.3, -0.25) is 4.79 Å². The molecule has 1 aliphatic rings. The number of aliphatic hydroxyl groups is 1. The summed E-state index contributed by atoms with van der Waals surface area (Å²) in [6.07, 6.45) is -1.33. The number of ether oxygens (including phenoxy) is 1. The van der Waals surface area contributed by atoms with E-state index in [1.807, 2.05) is 0 Å². The lowest BCUT2D eigenvalue weighted by Gasteiger charge is -2.37. The molecule has 1 unspecified atom stereocenters. The number of halogens is 2. The molecule has 1 atom stereocenters. The summed E-state index contributed by atoms with van der Waals surface area (Å²) in [7, 11) is 0. The van der Waals surface area contributed by atoms with Gasteiger partial charge in [-0.2, -0.15) is 8.78 Å². The molecule has 0 spiro atoms. The first-order valence-corrected chi connectivity index (χ1v) is 8.59. The van der Waals surface area contributed by atoms with Crippen molar-refractivity contribution >= 4 is 23.8 Å². The zero-order chi connectivity index (χ0) is 18.9. The van der Waals surface area contributed by atoms with Crippen LogP contribution in [0, 0.1) is 0 Å². The highest BCUT2D eigenvalue weighted by atomic mass is 32.2. The van der Waals surface area contributed by atoms with E-state index in [9.17, 15) is 14.7 Å². The van der Waals surface area contributed by atoms with E-state index in [1.54, 1.807) is 18.2 Å². The summed E-state index contributed by atoms with van der Waals surface area (Å²) < 4.78 is 35.2. The summed E-state index contributed by atoms with van der Waals surface area (Å²) in [5.41, 5.74) is -3.68. The fraction of sp³-hybridized carbons (Fsp3) is 0.222. The first-order chi connectivity index (χ1) is 12.3. The minimum Gasteiger partial charge on any atom is -0.449 e. The second kappa shape index (κ2) is 6.69. The van der Waals surface area contributed by atoms with Crippen molar-refractivity contribution < 1.29 is 28.2 Å². The van der Waals surface area contributed by atoms with Gasteiger partial charge in [-0.1, -0.05) is 36.4 Å². The molecule has 0 bridgehead atoms. The minimum atomic E-state index is -3.93. The first-order valence-electron chi connectivity index (χ1n) is 7.78. The molecule has 136 valence electrons. The summed E-state index contributed by atoms with van der Waals surface area (Å²) in [6, 6.07) is 13.0. The van der Waals surface area contributed by atoms with Crippen LogP contribution in [0.1, 0.15) is 22.8 Å². The third kappa shape index (κ3) is 2.75. The zero-order valence-corrected chi connectivity index (χ0v) is 14.5. The fourth-order valence-electron chi connectivity index (χ4n) is 2.76. The third-order valence-electron chi connectivity index (χ3n) is 3.91. The quantitative estimate of drug-likeness (QED) is 0.818. The maximum absolute atomic E-state index is 15.2. The van der Waals surface area contributed by atoms with Crippen LogP contribution in [0.2, 0.25) is 0 Å². The monoisotopic (exact) mass is 379 g/mol. The van der Waals surface area contributed by atoms with Crippen LogP contribution in [-0.4, -0.2) is 33.9 Å². The van der Waals surface area contributed by atoms with Crippen LogP contribution in [0.25, 0.3) is 0 Å². The van der Waals surface area contributed by atoms with Gasteiger partial charge < -0.3 is 9.84 Å². The lowest BCUT2D eigenvalue weighted by atomic mass is 10.0.